The van der Waals surface area contributed by atoms with Crippen molar-refractivity contribution in [3.05, 3.63) is 0 Å². The highest BCUT2D eigenvalue weighted by Gasteiger charge is 2.40. The van der Waals surface area contributed by atoms with E-state index in [2.05, 4.69) is 5.32 Å². The lowest BCUT2D eigenvalue weighted by Crippen LogP contribution is -2.47. The monoisotopic (exact) mass is 274 g/mol. The third-order valence-corrected chi connectivity index (χ3v) is 5.43. The lowest BCUT2D eigenvalue weighted by molar-refractivity contribution is -0.140. The van der Waals surface area contributed by atoms with Crippen molar-refractivity contribution in [3.8, 4) is 0 Å². The summed E-state index contributed by atoms with van der Waals surface area (Å²) < 4.78 is 22.8. The third kappa shape index (κ3) is 2.50. The van der Waals surface area contributed by atoms with E-state index in [1.54, 1.807) is 11.9 Å². The van der Waals surface area contributed by atoms with Gasteiger partial charge in [-0.05, 0) is 19.3 Å². The van der Waals surface area contributed by atoms with Gasteiger partial charge in [-0.15, -0.1) is 0 Å². The van der Waals surface area contributed by atoms with Crippen molar-refractivity contribution in [1.29, 1.82) is 0 Å². The summed E-state index contributed by atoms with van der Waals surface area (Å²) in [7, 11) is -1.52. The Bertz CT molecular complexity index is 460. The summed E-state index contributed by atoms with van der Waals surface area (Å²) in [5, 5.41) is 2.55. The van der Waals surface area contributed by atoms with Gasteiger partial charge in [0.05, 0.1) is 17.4 Å². The van der Waals surface area contributed by atoms with Crippen LogP contribution in [0.25, 0.3) is 0 Å². The van der Waals surface area contributed by atoms with E-state index in [-0.39, 0.29) is 23.3 Å². The molecule has 0 aromatic heterocycles. The molecule has 102 valence electrons. The topological polar surface area (TPSA) is 83.6 Å². The molecule has 0 unspecified atom stereocenters. The molecule has 2 rings (SSSR count). The van der Waals surface area contributed by atoms with Gasteiger partial charge in [-0.2, -0.15) is 0 Å². The van der Waals surface area contributed by atoms with Gasteiger partial charge in [0.15, 0.2) is 9.84 Å². The van der Waals surface area contributed by atoms with E-state index in [0.29, 0.717) is 19.4 Å². The van der Waals surface area contributed by atoms with Gasteiger partial charge in [-0.3, -0.25) is 9.59 Å². The van der Waals surface area contributed by atoms with Crippen LogP contribution in [-0.2, 0) is 19.4 Å². The first-order valence-electron chi connectivity index (χ1n) is 6.17. The number of sulfone groups is 1. The summed E-state index contributed by atoms with van der Waals surface area (Å²) in [4.78, 5) is 25.4. The first kappa shape index (κ1) is 13.3. The molecule has 2 saturated heterocycles. The molecule has 0 aliphatic carbocycles. The SMILES string of the molecule is CNC(=O)[C@@H]1CCCN1C(=O)[C@@H]1CCS(=O)(=O)C1. The smallest absolute Gasteiger partial charge is 0.242 e. The summed E-state index contributed by atoms with van der Waals surface area (Å²) in [5.41, 5.74) is 0. The number of likely N-dealkylation sites (tertiary alicyclic amines) is 1. The van der Waals surface area contributed by atoms with Crippen molar-refractivity contribution in [1.82, 2.24) is 10.2 Å². The number of hydrogen-bond acceptors (Lipinski definition) is 4. The van der Waals surface area contributed by atoms with Crippen LogP contribution < -0.4 is 5.32 Å². The Morgan fingerprint density at radius 3 is 2.56 bits per heavy atom. The normalized spacial score (nSPS) is 30.4. The molecule has 2 aliphatic rings. The van der Waals surface area contributed by atoms with Crippen LogP contribution in [0.2, 0.25) is 0 Å². The van der Waals surface area contributed by atoms with Crippen molar-refractivity contribution in [2.75, 3.05) is 25.1 Å². The van der Waals surface area contributed by atoms with Gasteiger partial charge >= 0.3 is 0 Å². The van der Waals surface area contributed by atoms with E-state index in [4.69, 9.17) is 0 Å². The van der Waals surface area contributed by atoms with E-state index in [9.17, 15) is 18.0 Å². The van der Waals surface area contributed by atoms with Gasteiger partial charge in [0, 0.05) is 13.6 Å². The van der Waals surface area contributed by atoms with Crippen molar-refractivity contribution in [3.63, 3.8) is 0 Å². The molecule has 0 spiro atoms. The Hall–Kier alpha value is -1.11. The van der Waals surface area contributed by atoms with E-state index in [1.165, 1.54) is 0 Å². The second kappa shape index (κ2) is 4.87. The van der Waals surface area contributed by atoms with Gasteiger partial charge in [-0.25, -0.2) is 8.42 Å². The Kier molecular flexibility index (Phi) is 3.61. The zero-order chi connectivity index (χ0) is 13.3. The summed E-state index contributed by atoms with van der Waals surface area (Å²) >= 11 is 0. The maximum absolute atomic E-state index is 12.2. The van der Waals surface area contributed by atoms with E-state index < -0.39 is 21.8 Å². The molecule has 2 heterocycles. The highest BCUT2D eigenvalue weighted by molar-refractivity contribution is 7.91. The number of amides is 2. The highest BCUT2D eigenvalue weighted by atomic mass is 32.2. The van der Waals surface area contributed by atoms with E-state index in [1.807, 2.05) is 0 Å². The van der Waals surface area contributed by atoms with Crippen molar-refractivity contribution in [2.24, 2.45) is 5.92 Å². The molecule has 2 atom stereocenters. The summed E-state index contributed by atoms with van der Waals surface area (Å²) in [6.45, 7) is 0.549. The number of hydrogen-bond donors (Lipinski definition) is 1. The average Bonchev–Trinajstić information content (AvgIpc) is 2.93. The van der Waals surface area contributed by atoms with Gasteiger partial charge in [-0.1, -0.05) is 0 Å². The van der Waals surface area contributed by atoms with Crippen LogP contribution in [0.5, 0.6) is 0 Å². The molecule has 7 heteroatoms. The molecule has 2 fully saturated rings. The van der Waals surface area contributed by atoms with Crippen LogP contribution in [0.15, 0.2) is 0 Å². The number of nitrogens with one attached hydrogen (secondary N) is 1. The molecule has 18 heavy (non-hydrogen) atoms. The van der Waals surface area contributed by atoms with Crippen molar-refractivity contribution < 1.29 is 18.0 Å². The third-order valence-electron chi connectivity index (χ3n) is 3.67. The van der Waals surface area contributed by atoms with Crippen LogP contribution >= 0.6 is 0 Å². The Balaban J connectivity index is 2.07. The molecule has 2 aliphatic heterocycles. The predicted molar refractivity (Wildman–Crippen MR) is 65.6 cm³/mol. The number of likely N-dealkylation sites (N-methyl/N-ethyl adjacent to an activating group) is 1. The first-order valence-corrected chi connectivity index (χ1v) is 7.99. The fourth-order valence-corrected chi connectivity index (χ4v) is 4.43. The predicted octanol–water partition coefficient (Wildman–Crippen LogP) is -0.842. The highest BCUT2D eigenvalue weighted by Crippen LogP contribution is 2.25. The van der Waals surface area contributed by atoms with Crippen molar-refractivity contribution >= 4 is 21.7 Å². The Labute approximate surface area is 107 Å². The van der Waals surface area contributed by atoms with Crippen molar-refractivity contribution in [2.45, 2.75) is 25.3 Å². The first-order chi connectivity index (χ1) is 8.44. The maximum Gasteiger partial charge on any atom is 0.242 e. The van der Waals surface area contributed by atoms with Gasteiger partial charge < -0.3 is 10.2 Å². The summed E-state index contributed by atoms with van der Waals surface area (Å²) in [6.07, 6.45) is 1.84. The number of rotatable bonds is 2. The van der Waals surface area contributed by atoms with E-state index >= 15 is 0 Å². The van der Waals surface area contributed by atoms with Gasteiger partial charge in [0.25, 0.3) is 0 Å². The summed E-state index contributed by atoms with van der Waals surface area (Å²) in [6, 6.07) is -0.425. The standard InChI is InChI=1S/C11H18N2O4S/c1-12-10(14)9-3-2-5-13(9)11(15)8-4-6-18(16,17)7-8/h8-9H,2-7H2,1H3,(H,12,14)/t8-,9+/m1/s1. The summed E-state index contributed by atoms with van der Waals surface area (Å²) in [5.74, 6) is -0.783. The molecular formula is C11H18N2O4S. The minimum atomic E-state index is -3.06. The fraction of sp³-hybridized carbons (Fsp3) is 0.818. The molecule has 1 N–H and O–H groups in total. The number of carbonyl (C=O) groups excluding carboxylic acids is 2. The van der Waals surface area contributed by atoms with Crippen LogP contribution in [0.1, 0.15) is 19.3 Å². The fourth-order valence-electron chi connectivity index (χ4n) is 2.69. The van der Waals surface area contributed by atoms with Crippen LogP contribution in [0.3, 0.4) is 0 Å². The lowest BCUT2D eigenvalue weighted by atomic mass is 10.1. The minimum absolute atomic E-state index is 0.0667. The second-order valence-electron chi connectivity index (χ2n) is 4.90. The molecule has 0 saturated carbocycles. The zero-order valence-corrected chi connectivity index (χ0v) is 11.2. The molecule has 0 aromatic carbocycles. The zero-order valence-electron chi connectivity index (χ0n) is 10.4. The molecule has 0 aromatic rings. The Morgan fingerprint density at radius 2 is 2.00 bits per heavy atom. The average molecular weight is 274 g/mol. The second-order valence-corrected chi connectivity index (χ2v) is 7.13. The van der Waals surface area contributed by atoms with Crippen LogP contribution in [0, 0.1) is 5.92 Å². The molecule has 0 bridgehead atoms. The Morgan fingerprint density at radius 1 is 1.28 bits per heavy atom. The minimum Gasteiger partial charge on any atom is -0.357 e. The largest absolute Gasteiger partial charge is 0.357 e. The maximum atomic E-state index is 12.2. The van der Waals surface area contributed by atoms with Crippen LogP contribution in [0.4, 0.5) is 0 Å². The number of nitrogens with zero attached hydrogens (tertiary/aromatic N) is 1. The van der Waals surface area contributed by atoms with E-state index in [0.717, 1.165) is 6.42 Å². The number of carbonyl (C=O) groups is 2. The lowest BCUT2D eigenvalue weighted by Gasteiger charge is -2.25. The van der Waals surface area contributed by atoms with Gasteiger partial charge in [0.1, 0.15) is 6.04 Å². The quantitative estimate of drug-likeness (QED) is 0.711. The molecular weight excluding hydrogens is 256 g/mol. The van der Waals surface area contributed by atoms with Gasteiger partial charge in [0.2, 0.25) is 11.8 Å². The molecule has 0 radical (unpaired) electrons. The molecule has 2 amide bonds. The van der Waals surface area contributed by atoms with Crippen LogP contribution in [-0.4, -0.2) is 56.3 Å². The molecule has 6 nitrogen and oxygen atoms in total.